The Balaban J connectivity index is 1.31. The average Bonchev–Trinajstić information content (AvgIpc) is 3.06. The van der Waals surface area contributed by atoms with E-state index in [1.807, 2.05) is 18.5 Å². The van der Waals surface area contributed by atoms with Gasteiger partial charge in [-0.2, -0.15) is 0 Å². The van der Waals surface area contributed by atoms with Gasteiger partial charge in [0.25, 0.3) is 0 Å². The third-order valence-electron chi connectivity index (χ3n) is 9.66. The van der Waals surface area contributed by atoms with E-state index in [0.29, 0.717) is 0 Å². The number of fused-ring (bicyclic) bond motifs is 11. The Kier molecular flexibility index (Phi) is 4.88. The molecule has 5 aromatic carbocycles. The van der Waals surface area contributed by atoms with E-state index in [4.69, 9.17) is 9.72 Å². The van der Waals surface area contributed by atoms with Crippen molar-refractivity contribution in [3.05, 3.63) is 167 Å². The molecule has 2 aromatic heterocycles. The second-order valence-electron chi connectivity index (χ2n) is 12.2. The zero-order chi connectivity index (χ0) is 28.8. The molecule has 0 unspecified atom stereocenters. The van der Waals surface area contributed by atoms with Crippen molar-refractivity contribution in [1.82, 2.24) is 9.97 Å². The highest BCUT2D eigenvalue weighted by atomic mass is 16.5. The lowest BCUT2D eigenvalue weighted by molar-refractivity contribution is 0.425. The molecule has 7 aromatic rings. The van der Waals surface area contributed by atoms with Gasteiger partial charge in [0.2, 0.25) is 0 Å². The van der Waals surface area contributed by atoms with Gasteiger partial charge in [0.05, 0.1) is 16.4 Å². The fraction of sp³-hybridized carbons (Fsp3) is 0.100. The van der Waals surface area contributed by atoms with Crippen molar-refractivity contribution in [2.24, 2.45) is 0 Å². The van der Waals surface area contributed by atoms with Crippen molar-refractivity contribution < 1.29 is 4.74 Å². The molecule has 0 amide bonds. The number of nitrogens with zero attached hydrogens (tertiary/aromatic N) is 2. The monoisotopic (exact) mass is 552 g/mol. The Hall–Kier alpha value is -5.28. The van der Waals surface area contributed by atoms with Crippen LogP contribution in [0.2, 0.25) is 0 Å². The lowest BCUT2D eigenvalue weighted by Crippen LogP contribution is -2.43. The SMILES string of the molecule is CC1(C)c2ccccc2C2(c3ccccc3Oc3cc(-c4cnc5c(ccc6cccnc65)c4)ccc32)c2ccccc21. The maximum absolute atomic E-state index is 6.76. The van der Waals surface area contributed by atoms with Gasteiger partial charge in [0.15, 0.2) is 0 Å². The zero-order valence-corrected chi connectivity index (χ0v) is 24.0. The molecule has 0 saturated carbocycles. The van der Waals surface area contributed by atoms with Crippen LogP contribution >= 0.6 is 0 Å². The van der Waals surface area contributed by atoms with Gasteiger partial charge in [-0.1, -0.05) is 111 Å². The predicted octanol–water partition coefficient (Wildman–Crippen LogP) is 9.58. The van der Waals surface area contributed by atoms with Crippen LogP contribution in [0.5, 0.6) is 11.5 Å². The standard InChI is InChI=1S/C40H28N2O/c1-39(2)29-11-3-5-13-31(29)40(32-14-6-4-12-30(32)39)33-15-7-8-16-35(33)43-36-23-26(19-20-34(36)40)28-22-27-18-17-25-10-9-21-41-37(25)38(27)42-24-28/h3-24H,1-2H3. The average molecular weight is 553 g/mol. The summed E-state index contributed by atoms with van der Waals surface area (Å²) >= 11 is 0. The summed E-state index contributed by atoms with van der Waals surface area (Å²) in [6.07, 6.45) is 3.78. The molecule has 0 N–H and O–H groups in total. The van der Waals surface area contributed by atoms with Crippen LogP contribution in [0.15, 0.2) is 134 Å². The molecule has 0 atom stereocenters. The number of ether oxygens (including phenoxy) is 1. The first-order valence-electron chi connectivity index (χ1n) is 14.8. The summed E-state index contributed by atoms with van der Waals surface area (Å²) in [7, 11) is 0. The second-order valence-corrected chi connectivity index (χ2v) is 12.2. The number of aromatic nitrogens is 2. The van der Waals surface area contributed by atoms with E-state index in [0.717, 1.165) is 50.0 Å². The van der Waals surface area contributed by atoms with Crippen molar-refractivity contribution in [1.29, 1.82) is 0 Å². The molecule has 2 aliphatic rings. The molecule has 0 fully saturated rings. The maximum atomic E-state index is 6.76. The van der Waals surface area contributed by atoms with E-state index in [-0.39, 0.29) is 5.41 Å². The van der Waals surface area contributed by atoms with E-state index in [1.54, 1.807) is 0 Å². The summed E-state index contributed by atoms with van der Waals surface area (Å²) in [6, 6.07) is 43.7. The summed E-state index contributed by atoms with van der Waals surface area (Å²) < 4.78 is 6.76. The summed E-state index contributed by atoms with van der Waals surface area (Å²) in [5, 5.41) is 2.17. The number of benzene rings is 5. The maximum Gasteiger partial charge on any atom is 0.132 e. The minimum atomic E-state index is -0.502. The number of hydrogen-bond donors (Lipinski definition) is 0. The molecule has 0 bridgehead atoms. The fourth-order valence-corrected chi connectivity index (χ4v) is 7.70. The topological polar surface area (TPSA) is 35.0 Å². The summed E-state index contributed by atoms with van der Waals surface area (Å²) in [5.41, 5.74) is 11.0. The summed E-state index contributed by atoms with van der Waals surface area (Å²) in [5.74, 6) is 1.77. The molecule has 43 heavy (non-hydrogen) atoms. The first kappa shape index (κ1) is 24.3. The minimum Gasteiger partial charge on any atom is -0.457 e. The number of hydrogen-bond acceptors (Lipinski definition) is 3. The first-order chi connectivity index (χ1) is 21.1. The summed E-state index contributed by atoms with van der Waals surface area (Å²) in [4.78, 5) is 9.49. The van der Waals surface area contributed by atoms with E-state index in [1.165, 1.54) is 27.8 Å². The highest BCUT2D eigenvalue weighted by Crippen LogP contribution is 2.61. The van der Waals surface area contributed by atoms with Crippen LogP contribution in [0.1, 0.15) is 47.2 Å². The number of para-hydroxylation sites is 1. The fourth-order valence-electron chi connectivity index (χ4n) is 7.70. The van der Waals surface area contributed by atoms with Gasteiger partial charge in [0, 0.05) is 45.3 Å². The molecule has 3 heterocycles. The van der Waals surface area contributed by atoms with E-state index < -0.39 is 5.41 Å². The van der Waals surface area contributed by atoms with Crippen LogP contribution < -0.4 is 4.74 Å². The molecule has 204 valence electrons. The summed E-state index contributed by atoms with van der Waals surface area (Å²) in [6.45, 7) is 4.69. The van der Waals surface area contributed by atoms with Crippen LogP contribution in [0.4, 0.5) is 0 Å². The molecule has 1 aliphatic heterocycles. The van der Waals surface area contributed by atoms with Crippen molar-refractivity contribution in [2.75, 3.05) is 0 Å². The highest BCUT2D eigenvalue weighted by molar-refractivity contribution is 6.03. The molecule has 3 heteroatoms. The smallest absolute Gasteiger partial charge is 0.132 e. The van der Waals surface area contributed by atoms with Gasteiger partial charge in [-0.15, -0.1) is 0 Å². The third-order valence-corrected chi connectivity index (χ3v) is 9.66. The largest absolute Gasteiger partial charge is 0.457 e. The lowest BCUT2D eigenvalue weighted by Gasteiger charge is -2.50. The van der Waals surface area contributed by atoms with Crippen molar-refractivity contribution in [2.45, 2.75) is 24.7 Å². The quantitative estimate of drug-likeness (QED) is 0.190. The van der Waals surface area contributed by atoms with Gasteiger partial charge >= 0.3 is 0 Å². The number of rotatable bonds is 1. The first-order valence-corrected chi connectivity index (χ1v) is 14.8. The van der Waals surface area contributed by atoms with Gasteiger partial charge < -0.3 is 4.74 Å². The molecule has 0 saturated heterocycles. The van der Waals surface area contributed by atoms with Crippen molar-refractivity contribution in [3.8, 4) is 22.6 Å². The Morgan fingerprint density at radius 1 is 0.488 bits per heavy atom. The second kappa shape index (κ2) is 8.62. The Labute approximate surface area is 250 Å². The zero-order valence-electron chi connectivity index (χ0n) is 24.0. The van der Waals surface area contributed by atoms with Crippen LogP contribution in [0.3, 0.4) is 0 Å². The Bertz CT molecular complexity index is 2210. The minimum absolute atomic E-state index is 0.137. The molecular weight excluding hydrogens is 524 g/mol. The van der Waals surface area contributed by atoms with Gasteiger partial charge in [-0.3, -0.25) is 9.97 Å². The van der Waals surface area contributed by atoms with Crippen LogP contribution in [0, 0.1) is 0 Å². The van der Waals surface area contributed by atoms with Crippen LogP contribution in [-0.2, 0) is 10.8 Å². The third kappa shape index (κ3) is 3.19. The van der Waals surface area contributed by atoms with E-state index >= 15 is 0 Å². The van der Waals surface area contributed by atoms with E-state index in [2.05, 4.69) is 134 Å². The molecule has 0 radical (unpaired) electrons. The molecule has 1 spiro atoms. The lowest BCUT2D eigenvalue weighted by atomic mass is 9.53. The van der Waals surface area contributed by atoms with Crippen LogP contribution in [0.25, 0.3) is 32.9 Å². The Morgan fingerprint density at radius 2 is 1.12 bits per heavy atom. The van der Waals surface area contributed by atoms with Gasteiger partial charge in [-0.25, -0.2) is 0 Å². The molecule has 9 rings (SSSR count). The highest BCUT2D eigenvalue weighted by Gasteiger charge is 2.52. The van der Waals surface area contributed by atoms with Gasteiger partial charge in [0.1, 0.15) is 11.5 Å². The van der Waals surface area contributed by atoms with E-state index in [9.17, 15) is 0 Å². The van der Waals surface area contributed by atoms with Gasteiger partial charge in [-0.05, 0) is 52.1 Å². The normalized spacial score (nSPS) is 15.3. The van der Waals surface area contributed by atoms with Crippen molar-refractivity contribution in [3.63, 3.8) is 0 Å². The molecule has 1 aliphatic carbocycles. The number of pyridine rings is 2. The predicted molar refractivity (Wildman–Crippen MR) is 173 cm³/mol. The Morgan fingerprint density at radius 3 is 1.88 bits per heavy atom. The van der Waals surface area contributed by atoms with Crippen LogP contribution in [-0.4, -0.2) is 9.97 Å². The molecule has 3 nitrogen and oxygen atoms in total. The van der Waals surface area contributed by atoms with Crippen molar-refractivity contribution >= 4 is 21.8 Å². The molecular formula is C40H28N2O.